The maximum atomic E-state index is 14.4. The Morgan fingerprint density at radius 2 is 1.74 bits per heavy atom. The third-order valence-corrected chi connectivity index (χ3v) is 10.6. The van der Waals surface area contributed by atoms with Crippen molar-refractivity contribution in [3.63, 3.8) is 0 Å². The lowest BCUT2D eigenvalue weighted by Gasteiger charge is -2.37. The number of para-hydroxylation sites is 1. The van der Waals surface area contributed by atoms with E-state index < -0.39 is 33.4 Å². The van der Waals surface area contributed by atoms with Crippen molar-refractivity contribution >= 4 is 35.2 Å². The molecule has 3 amide bonds. The fourth-order valence-electron chi connectivity index (χ4n) is 7.00. The summed E-state index contributed by atoms with van der Waals surface area (Å²) in [5, 5.41) is 16.8. The Balaban J connectivity index is 1.56. The number of nitrogens with zero attached hydrogens (tertiary/aromatic N) is 1. The minimum Gasteiger partial charge on any atom is -0.394 e. The molecule has 0 radical (unpaired) electrons. The normalized spacial score (nSPS) is 31.1. The predicted octanol–water partition coefficient (Wildman–Crippen LogP) is 4.14. The summed E-state index contributed by atoms with van der Waals surface area (Å²) in [7, 11) is 0. The van der Waals surface area contributed by atoms with Crippen LogP contribution in [0.1, 0.15) is 58.1 Å². The van der Waals surface area contributed by atoms with Crippen LogP contribution in [0.4, 0.5) is 5.69 Å². The number of likely N-dealkylation sites (tertiary alicyclic amines) is 1. The Morgan fingerprint density at radius 1 is 1.08 bits per heavy atom. The van der Waals surface area contributed by atoms with E-state index in [0.29, 0.717) is 12.1 Å². The maximum Gasteiger partial charge on any atom is 0.244 e. The molecule has 8 heteroatoms. The average molecular weight is 536 g/mol. The molecule has 0 aromatic heterocycles. The quantitative estimate of drug-likeness (QED) is 0.448. The van der Waals surface area contributed by atoms with Gasteiger partial charge in [0.05, 0.1) is 29.2 Å². The highest BCUT2D eigenvalue weighted by Crippen LogP contribution is 2.72. The number of aliphatic hydroxyl groups is 1. The van der Waals surface area contributed by atoms with E-state index in [2.05, 4.69) is 24.5 Å². The number of nitrogens with one attached hydrogen (secondary N) is 2. The lowest BCUT2D eigenvalue weighted by Crippen LogP contribution is -2.56. The van der Waals surface area contributed by atoms with Gasteiger partial charge in [-0.1, -0.05) is 61.9 Å². The van der Waals surface area contributed by atoms with Gasteiger partial charge in [-0.25, -0.2) is 0 Å². The minimum atomic E-state index is -0.780. The molecule has 2 aromatic rings. The predicted molar refractivity (Wildman–Crippen MR) is 149 cm³/mol. The fourth-order valence-corrected chi connectivity index (χ4v) is 9.34. The summed E-state index contributed by atoms with van der Waals surface area (Å²) < 4.78 is -1.19. The van der Waals surface area contributed by atoms with Crippen molar-refractivity contribution in [1.82, 2.24) is 10.2 Å². The van der Waals surface area contributed by atoms with Crippen LogP contribution >= 0.6 is 11.8 Å². The molecule has 2 bridgehead atoms. The van der Waals surface area contributed by atoms with Gasteiger partial charge in [-0.05, 0) is 50.8 Å². The molecule has 2 aromatic carbocycles. The first-order valence-corrected chi connectivity index (χ1v) is 14.4. The van der Waals surface area contributed by atoms with Gasteiger partial charge in [0, 0.05) is 16.5 Å². The largest absolute Gasteiger partial charge is 0.394 e. The molecule has 3 aliphatic heterocycles. The molecule has 0 aliphatic carbocycles. The van der Waals surface area contributed by atoms with Crippen molar-refractivity contribution in [3.05, 3.63) is 66.2 Å². The second-order valence-electron chi connectivity index (χ2n) is 11.1. The number of amides is 3. The van der Waals surface area contributed by atoms with Crippen LogP contribution in [0.3, 0.4) is 0 Å². The van der Waals surface area contributed by atoms with E-state index in [9.17, 15) is 19.5 Å². The number of carbonyl (C=O) groups is 3. The summed E-state index contributed by atoms with van der Waals surface area (Å²) in [5.74, 6) is -1.84. The van der Waals surface area contributed by atoms with E-state index in [1.54, 1.807) is 16.7 Å². The first-order chi connectivity index (χ1) is 18.3. The lowest BCUT2D eigenvalue weighted by molar-refractivity contribution is -0.142. The second-order valence-corrected chi connectivity index (χ2v) is 13.0. The van der Waals surface area contributed by atoms with Crippen molar-refractivity contribution in [2.24, 2.45) is 11.8 Å². The summed E-state index contributed by atoms with van der Waals surface area (Å²) in [6, 6.07) is 17.2. The monoisotopic (exact) mass is 535 g/mol. The van der Waals surface area contributed by atoms with Gasteiger partial charge in [-0.15, -0.1) is 11.8 Å². The van der Waals surface area contributed by atoms with Crippen LogP contribution in [0, 0.1) is 11.8 Å². The number of benzene rings is 2. The SMILES string of the molecule is CCCC(C)NC(=O)C1N([C@H](CO)c2ccccc2)C(=O)[C@@H]2[C@@H](C(=O)Nc3ccccc3)[C@@]3(C)CCC12S3. The molecule has 3 N–H and O–H groups in total. The fraction of sp³-hybridized carbons (Fsp3) is 0.500. The molecule has 3 heterocycles. The van der Waals surface area contributed by atoms with Crippen molar-refractivity contribution in [2.45, 2.75) is 74.1 Å². The molecule has 3 fully saturated rings. The highest BCUT2D eigenvalue weighted by Gasteiger charge is 2.77. The molecule has 3 aliphatic rings. The molecule has 7 nitrogen and oxygen atoms in total. The topological polar surface area (TPSA) is 98.7 Å². The molecular formula is C30H37N3O4S. The lowest BCUT2D eigenvalue weighted by atomic mass is 9.66. The number of anilines is 1. The zero-order valence-electron chi connectivity index (χ0n) is 22.2. The van der Waals surface area contributed by atoms with E-state index in [1.807, 2.05) is 67.6 Å². The van der Waals surface area contributed by atoms with Crippen LogP contribution in [0.5, 0.6) is 0 Å². The van der Waals surface area contributed by atoms with Crippen molar-refractivity contribution in [1.29, 1.82) is 0 Å². The van der Waals surface area contributed by atoms with Gasteiger partial charge in [0.15, 0.2) is 0 Å². The number of thioether (sulfide) groups is 1. The Bertz CT molecular complexity index is 1190. The molecule has 1 spiro atoms. The Labute approximate surface area is 228 Å². The number of aliphatic hydroxyl groups excluding tert-OH is 1. The van der Waals surface area contributed by atoms with E-state index in [0.717, 1.165) is 24.8 Å². The highest BCUT2D eigenvalue weighted by atomic mass is 32.2. The van der Waals surface area contributed by atoms with E-state index in [-0.39, 0.29) is 30.4 Å². The van der Waals surface area contributed by atoms with Gasteiger partial charge < -0.3 is 20.6 Å². The molecular weight excluding hydrogens is 498 g/mol. The number of carbonyl (C=O) groups excluding carboxylic acids is 3. The first kappa shape index (κ1) is 26.8. The number of fused-ring (bicyclic) bond motifs is 1. The zero-order valence-corrected chi connectivity index (χ0v) is 23.0. The van der Waals surface area contributed by atoms with Gasteiger partial charge in [0.2, 0.25) is 17.7 Å². The van der Waals surface area contributed by atoms with Gasteiger partial charge in [-0.3, -0.25) is 14.4 Å². The highest BCUT2D eigenvalue weighted by molar-refractivity contribution is 8.02. The maximum absolute atomic E-state index is 14.4. The van der Waals surface area contributed by atoms with Crippen molar-refractivity contribution in [2.75, 3.05) is 11.9 Å². The molecule has 7 atom stereocenters. The van der Waals surface area contributed by atoms with Crippen LogP contribution in [-0.2, 0) is 14.4 Å². The van der Waals surface area contributed by atoms with Gasteiger partial charge >= 0.3 is 0 Å². The molecule has 0 saturated carbocycles. The second kappa shape index (κ2) is 10.4. The molecule has 202 valence electrons. The van der Waals surface area contributed by atoms with Gasteiger partial charge in [0.25, 0.3) is 0 Å². The van der Waals surface area contributed by atoms with Crippen LogP contribution in [0.25, 0.3) is 0 Å². The third-order valence-electron chi connectivity index (χ3n) is 8.59. The summed E-state index contributed by atoms with van der Waals surface area (Å²) in [5.41, 5.74) is 1.46. The van der Waals surface area contributed by atoms with Crippen LogP contribution in [-0.4, -0.2) is 55.9 Å². The van der Waals surface area contributed by atoms with Gasteiger partial charge in [0.1, 0.15) is 6.04 Å². The van der Waals surface area contributed by atoms with Crippen LogP contribution in [0.2, 0.25) is 0 Å². The summed E-state index contributed by atoms with van der Waals surface area (Å²) >= 11 is 1.64. The summed E-state index contributed by atoms with van der Waals surface area (Å²) in [6.45, 7) is 5.81. The molecule has 3 saturated heterocycles. The Kier molecular flexibility index (Phi) is 7.31. The molecule has 5 rings (SSSR count). The standard InChI is InChI=1S/C30H37N3O4S/c1-4-11-19(2)31-27(36)25-30-17-16-29(3,38-30)23(26(35)32-21-14-9-6-10-15-21)24(30)28(37)33(25)22(18-34)20-12-7-5-8-13-20/h5-10,12-15,19,22-25,34H,4,11,16-18H2,1-3H3,(H,31,36)(H,32,35)/t19?,22-,23+,24+,25?,29-,30?/m1/s1. The number of hydrogen-bond acceptors (Lipinski definition) is 5. The molecule has 38 heavy (non-hydrogen) atoms. The number of hydrogen-bond donors (Lipinski definition) is 3. The summed E-state index contributed by atoms with van der Waals surface area (Å²) in [4.78, 5) is 43.9. The van der Waals surface area contributed by atoms with Crippen LogP contribution < -0.4 is 10.6 Å². The van der Waals surface area contributed by atoms with Crippen molar-refractivity contribution in [3.8, 4) is 0 Å². The van der Waals surface area contributed by atoms with E-state index in [1.165, 1.54) is 0 Å². The summed E-state index contributed by atoms with van der Waals surface area (Å²) in [6.07, 6.45) is 3.17. The molecule has 3 unspecified atom stereocenters. The average Bonchev–Trinajstić information content (AvgIpc) is 3.47. The third kappa shape index (κ3) is 4.31. The first-order valence-electron chi connectivity index (χ1n) is 13.6. The Hall–Kier alpha value is -2.84. The number of rotatable bonds is 9. The van der Waals surface area contributed by atoms with E-state index in [4.69, 9.17) is 0 Å². The van der Waals surface area contributed by atoms with Crippen LogP contribution in [0.15, 0.2) is 60.7 Å². The zero-order chi connectivity index (χ0) is 27.1. The van der Waals surface area contributed by atoms with Crippen molar-refractivity contribution < 1.29 is 19.5 Å². The van der Waals surface area contributed by atoms with E-state index >= 15 is 0 Å². The smallest absolute Gasteiger partial charge is 0.244 e. The Morgan fingerprint density at radius 3 is 2.37 bits per heavy atom. The van der Waals surface area contributed by atoms with Gasteiger partial charge in [-0.2, -0.15) is 0 Å². The minimum absolute atomic E-state index is 0.0411.